The summed E-state index contributed by atoms with van der Waals surface area (Å²) in [4.78, 5) is 0. The van der Waals surface area contributed by atoms with Crippen molar-refractivity contribution in [2.75, 3.05) is 6.61 Å². The van der Waals surface area contributed by atoms with Crippen LogP contribution in [0, 0.1) is 0 Å². The largest absolute Gasteiger partial charge is 0.394 e. The Morgan fingerprint density at radius 2 is 1.66 bits per heavy atom. The molecule has 2 aromatic carbocycles. The molecule has 3 aliphatic rings. The summed E-state index contributed by atoms with van der Waals surface area (Å²) >= 11 is 0. The molecule has 2 heterocycles. The molecule has 154 valence electrons. The molecule has 4 N–H and O–H groups in total. The van der Waals surface area contributed by atoms with Crippen molar-refractivity contribution in [2.45, 2.75) is 62.0 Å². The van der Waals surface area contributed by atoms with E-state index in [0.717, 1.165) is 23.5 Å². The second-order valence-corrected chi connectivity index (χ2v) is 8.41. The maximum Gasteiger partial charge on any atom is 0.225 e. The molecule has 0 aromatic heterocycles. The van der Waals surface area contributed by atoms with Crippen molar-refractivity contribution < 1.29 is 29.9 Å². The topological polar surface area (TPSA) is 99.4 Å². The SMILES string of the molecule is OC[C@H]1OC2(OCc3ccc(Cc4ccc(C5CC5)cc4)cc32)[C@H](O)[C@@H](O)[C@@H]1O. The molecule has 1 saturated carbocycles. The Kier molecular flexibility index (Phi) is 4.74. The minimum absolute atomic E-state index is 0.226. The zero-order valence-corrected chi connectivity index (χ0v) is 16.1. The van der Waals surface area contributed by atoms with E-state index in [0.29, 0.717) is 5.56 Å². The highest BCUT2D eigenvalue weighted by Crippen LogP contribution is 2.46. The van der Waals surface area contributed by atoms with Crippen LogP contribution in [0.4, 0.5) is 0 Å². The summed E-state index contributed by atoms with van der Waals surface area (Å²) in [5, 5.41) is 40.6. The lowest BCUT2D eigenvalue weighted by Gasteiger charge is -2.46. The van der Waals surface area contributed by atoms with E-state index >= 15 is 0 Å². The number of aliphatic hydroxyl groups excluding tert-OH is 4. The van der Waals surface area contributed by atoms with Crippen molar-refractivity contribution in [3.63, 3.8) is 0 Å². The van der Waals surface area contributed by atoms with E-state index in [9.17, 15) is 20.4 Å². The predicted molar refractivity (Wildman–Crippen MR) is 104 cm³/mol. The van der Waals surface area contributed by atoms with Crippen LogP contribution >= 0.6 is 0 Å². The molecular weight excluding hydrogens is 372 g/mol. The monoisotopic (exact) mass is 398 g/mol. The third-order valence-corrected chi connectivity index (χ3v) is 6.38. The molecule has 0 bridgehead atoms. The Labute approximate surface area is 169 Å². The highest BCUT2D eigenvalue weighted by Gasteiger charge is 2.58. The molecule has 2 fully saturated rings. The van der Waals surface area contributed by atoms with E-state index in [-0.39, 0.29) is 6.61 Å². The van der Waals surface area contributed by atoms with Crippen molar-refractivity contribution in [1.29, 1.82) is 0 Å². The molecule has 5 atom stereocenters. The van der Waals surface area contributed by atoms with Gasteiger partial charge in [-0.3, -0.25) is 0 Å². The summed E-state index contributed by atoms with van der Waals surface area (Å²) in [6, 6.07) is 14.6. The first-order chi connectivity index (χ1) is 14.0. The molecule has 2 aliphatic heterocycles. The molecule has 29 heavy (non-hydrogen) atoms. The van der Waals surface area contributed by atoms with Crippen LogP contribution in [0.25, 0.3) is 0 Å². The fraction of sp³-hybridized carbons (Fsp3) is 0.478. The molecule has 0 amide bonds. The van der Waals surface area contributed by atoms with E-state index in [1.54, 1.807) is 0 Å². The smallest absolute Gasteiger partial charge is 0.225 e. The standard InChI is InChI=1S/C23H26O6/c24-11-19-20(25)21(26)22(27)23(29-19)18-10-14(3-6-17(18)12-28-23)9-13-1-4-15(5-2-13)16-7-8-16/h1-6,10,16,19-22,24-27H,7-9,11-12H2/t19-,20-,21+,22-,23?/m1/s1. The van der Waals surface area contributed by atoms with Crippen LogP contribution in [0.2, 0.25) is 0 Å². The average Bonchev–Trinajstić information content (AvgIpc) is 3.53. The zero-order chi connectivity index (χ0) is 20.2. The molecule has 1 unspecified atom stereocenters. The Balaban J connectivity index is 1.44. The maximum atomic E-state index is 10.7. The van der Waals surface area contributed by atoms with Crippen molar-refractivity contribution in [3.05, 3.63) is 70.3 Å². The molecule has 5 rings (SSSR count). The first kappa shape index (κ1) is 19.2. The Morgan fingerprint density at radius 1 is 0.931 bits per heavy atom. The summed E-state index contributed by atoms with van der Waals surface area (Å²) in [7, 11) is 0. The van der Waals surface area contributed by atoms with Gasteiger partial charge in [-0.15, -0.1) is 0 Å². The van der Waals surface area contributed by atoms with Crippen molar-refractivity contribution in [1.82, 2.24) is 0 Å². The van der Waals surface area contributed by atoms with Gasteiger partial charge in [0.15, 0.2) is 0 Å². The van der Waals surface area contributed by atoms with Gasteiger partial charge in [-0.25, -0.2) is 0 Å². The van der Waals surface area contributed by atoms with Crippen LogP contribution in [-0.4, -0.2) is 51.4 Å². The van der Waals surface area contributed by atoms with E-state index in [1.807, 2.05) is 18.2 Å². The maximum absolute atomic E-state index is 10.7. The van der Waals surface area contributed by atoms with Crippen LogP contribution in [0.3, 0.4) is 0 Å². The second kappa shape index (κ2) is 7.16. The quantitative estimate of drug-likeness (QED) is 0.620. The number of benzene rings is 2. The van der Waals surface area contributed by atoms with Gasteiger partial charge in [0.1, 0.15) is 24.4 Å². The highest BCUT2D eigenvalue weighted by molar-refractivity contribution is 5.41. The van der Waals surface area contributed by atoms with Gasteiger partial charge in [-0.1, -0.05) is 36.4 Å². The van der Waals surface area contributed by atoms with Gasteiger partial charge in [0.2, 0.25) is 5.79 Å². The van der Waals surface area contributed by atoms with Crippen LogP contribution in [0.1, 0.15) is 46.6 Å². The molecule has 1 aliphatic carbocycles. The molecular formula is C23H26O6. The normalized spacial score (nSPS) is 33.8. The zero-order valence-electron chi connectivity index (χ0n) is 16.1. The van der Waals surface area contributed by atoms with E-state index < -0.39 is 36.8 Å². The van der Waals surface area contributed by atoms with Crippen molar-refractivity contribution >= 4 is 0 Å². The van der Waals surface area contributed by atoms with Gasteiger partial charge in [0, 0.05) is 5.56 Å². The average molecular weight is 398 g/mol. The summed E-state index contributed by atoms with van der Waals surface area (Å²) in [6.07, 6.45) is -2.09. The predicted octanol–water partition coefficient (Wildman–Crippen LogP) is 1.31. The Morgan fingerprint density at radius 3 is 2.34 bits per heavy atom. The summed E-state index contributed by atoms with van der Waals surface area (Å²) in [6.45, 7) is -0.262. The summed E-state index contributed by atoms with van der Waals surface area (Å²) in [5.41, 5.74) is 5.12. The van der Waals surface area contributed by atoms with Gasteiger partial charge < -0.3 is 29.9 Å². The number of fused-ring (bicyclic) bond motifs is 2. The summed E-state index contributed by atoms with van der Waals surface area (Å²) in [5.74, 6) is -0.861. The van der Waals surface area contributed by atoms with Gasteiger partial charge in [-0.2, -0.15) is 0 Å². The minimum atomic E-state index is -1.59. The number of hydrogen-bond acceptors (Lipinski definition) is 6. The fourth-order valence-electron chi connectivity index (χ4n) is 4.49. The lowest BCUT2D eigenvalue weighted by Crippen LogP contribution is -2.63. The Hall–Kier alpha value is -1.80. The van der Waals surface area contributed by atoms with E-state index in [1.165, 1.54) is 24.0 Å². The van der Waals surface area contributed by atoms with Crippen molar-refractivity contribution in [2.24, 2.45) is 0 Å². The van der Waals surface area contributed by atoms with Crippen LogP contribution in [0.15, 0.2) is 42.5 Å². The summed E-state index contributed by atoms with van der Waals surface area (Å²) < 4.78 is 11.6. The van der Waals surface area contributed by atoms with Crippen LogP contribution in [-0.2, 0) is 28.3 Å². The molecule has 1 spiro atoms. The number of hydrogen-bond donors (Lipinski definition) is 4. The number of aliphatic hydroxyl groups is 4. The van der Waals surface area contributed by atoms with Gasteiger partial charge in [0.05, 0.1) is 13.2 Å². The fourth-order valence-corrected chi connectivity index (χ4v) is 4.49. The first-order valence-electron chi connectivity index (χ1n) is 10.2. The lowest BCUT2D eigenvalue weighted by molar-refractivity contribution is -0.368. The minimum Gasteiger partial charge on any atom is -0.394 e. The molecule has 0 radical (unpaired) electrons. The molecule has 6 nitrogen and oxygen atoms in total. The van der Waals surface area contributed by atoms with E-state index in [4.69, 9.17) is 9.47 Å². The molecule has 2 aromatic rings. The highest BCUT2D eigenvalue weighted by atomic mass is 16.7. The van der Waals surface area contributed by atoms with Gasteiger partial charge in [0.25, 0.3) is 0 Å². The van der Waals surface area contributed by atoms with E-state index in [2.05, 4.69) is 24.3 Å². The first-order valence-corrected chi connectivity index (χ1v) is 10.2. The number of rotatable bonds is 4. The molecule has 6 heteroatoms. The van der Waals surface area contributed by atoms with Crippen molar-refractivity contribution in [3.8, 4) is 0 Å². The van der Waals surface area contributed by atoms with Gasteiger partial charge >= 0.3 is 0 Å². The lowest BCUT2D eigenvalue weighted by atomic mass is 9.86. The van der Waals surface area contributed by atoms with Crippen LogP contribution in [0.5, 0.6) is 0 Å². The third kappa shape index (κ3) is 3.20. The third-order valence-electron chi connectivity index (χ3n) is 6.38. The molecule has 1 saturated heterocycles. The van der Waals surface area contributed by atoms with Gasteiger partial charge in [-0.05, 0) is 53.5 Å². The Bertz CT molecular complexity index is 891. The van der Waals surface area contributed by atoms with Crippen LogP contribution < -0.4 is 0 Å². The number of ether oxygens (including phenoxy) is 2. The second-order valence-electron chi connectivity index (χ2n) is 8.41.